The smallest absolute Gasteiger partial charge is 0.434 e. The zero-order valence-corrected chi connectivity index (χ0v) is 22.6. The topological polar surface area (TPSA) is 104 Å². The van der Waals surface area contributed by atoms with Gasteiger partial charge in [0.05, 0.1) is 41.9 Å². The Hall–Kier alpha value is -5.44. The van der Waals surface area contributed by atoms with Crippen molar-refractivity contribution in [2.75, 3.05) is 13.7 Å². The average molecular weight is 546 g/mol. The number of rotatable bonds is 7. The molecule has 9 nitrogen and oxygen atoms in total. The van der Waals surface area contributed by atoms with Crippen LogP contribution in [0.25, 0.3) is 39.2 Å². The number of nitrogens with one attached hydrogen (secondary N) is 1. The number of hydrogen-bond acceptors (Lipinski definition) is 6. The molecule has 0 fully saturated rings. The van der Waals surface area contributed by atoms with Crippen molar-refractivity contribution >= 4 is 11.7 Å². The molecule has 0 spiro atoms. The third kappa shape index (κ3) is 4.89. The van der Waals surface area contributed by atoms with E-state index in [9.17, 15) is 9.59 Å². The summed E-state index contributed by atoms with van der Waals surface area (Å²) in [5, 5.41) is 7.74. The maximum atomic E-state index is 14.3. The molecule has 9 heteroatoms. The van der Waals surface area contributed by atoms with E-state index in [0.717, 1.165) is 27.1 Å². The van der Waals surface area contributed by atoms with Crippen LogP contribution in [0, 0.1) is 0 Å². The lowest BCUT2D eigenvalue weighted by Crippen LogP contribution is -2.21. The highest BCUT2D eigenvalue weighted by Gasteiger charge is 2.23. The highest BCUT2D eigenvalue weighted by Crippen LogP contribution is 2.35. The Morgan fingerprint density at radius 1 is 0.854 bits per heavy atom. The summed E-state index contributed by atoms with van der Waals surface area (Å²) in [4.78, 5) is 31.6. The van der Waals surface area contributed by atoms with Crippen LogP contribution < -0.4 is 10.3 Å². The third-order valence-electron chi connectivity index (χ3n) is 6.81. The van der Waals surface area contributed by atoms with Crippen molar-refractivity contribution in [1.82, 2.24) is 24.4 Å². The molecular weight excluding hydrogens is 518 g/mol. The monoisotopic (exact) mass is 545 g/mol. The van der Waals surface area contributed by atoms with Gasteiger partial charge in [-0.2, -0.15) is 14.3 Å². The third-order valence-corrected chi connectivity index (χ3v) is 6.81. The van der Waals surface area contributed by atoms with Gasteiger partial charge in [0.15, 0.2) is 5.65 Å². The fraction of sp³-hybridized carbons (Fsp3) is 0.125. The minimum Gasteiger partial charge on any atom is -0.497 e. The van der Waals surface area contributed by atoms with Crippen LogP contribution in [-0.4, -0.2) is 44.2 Å². The molecule has 6 rings (SSSR count). The molecule has 0 radical (unpaired) electrons. The number of H-pyrrole nitrogens is 1. The first kappa shape index (κ1) is 25.8. The Labute approximate surface area is 235 Å². The number of carbonyl (C=O) groups excluding carboxylic acids is 1. The number of ether oxygens (including phenoxy) is 2. The van der Waals surface area contributed by atoms with E-state index in [1.165, 1.54) is 4.52 Å². The van der Waals surface area contributed by atoms with Crippen molar-refractivity contribution < 1.29 is 14.3 Å². The van der Waals surface area contributed by atoms with E-state index in [1.807, 2.05) is 84.9 Å². The second kappa shape index (κ2) is 11.0. The molecule has 3 heterocycles. The van der Waals surface area contributed by atoms with Crippen molar-refractivity contribution in [2.24, 2.45) is 0 Å². The molecule has 0 bridgehead atoms. The summed E-state index contributed by atoms with van der Waals surface area (Å²) >= 11 is 0. The largest absolute Gasteiger partial charge is 0.497 e. The normalized spacial score (nSPS) is 11.1. The maximum Gasteiger partial charge on any atom is 0.434 e. The lowest BCUT2D eigenvalue weighted by atomic mass is 10.00. The van der Waals surface area contributed by atoms with Crippen molar-refractivity contribution in [3.63, 3.8) is 0 Å². The summed E-state index contributed by atoms with van der Waals surface area (Å²) in [7, 11) is 1.60. The predicted octanol–water partition coefficient (Wildman–Crippen LogP) is 5.82. The zero-order valence-electron chi connectivity index (χ0n) is 22.6. The number of aromatic amines is 1. The van der Waals surface area contributed by atoms with E-state index in [1.54, 1.807) is 26.3 Å². The van der Waals surface area contributed by atoms with Gasteiger partial charge in [0, 0.05) is 18.2 Å². The molecule has 0 saturated carbocycles. The fourth-order valence-electron chi connectivity index (χ4n) is 4.90. The van der Waals surface area contributed by atoms with Crippen LogP contribution in [-0.2, 0) is 11.2 Å². The van der Waals surface area contributed by atoms with Crippen molar-refractivity contribution in [1.29, 1.82) is 0 Å². The Morgan fingerprint density at radius 3 is 2.17 bits per heavy atom. The standard InChI is InChI=1S/C32H27N5O4/c1-3-41-32(39)36-19-18-24(34-36)20-26-27(22-14-16-25(40-2)17-15-22)31(38)37-30(33-26)28(21-10-6-4-7-11-21)29(35-37)23-12-8-5-9-13-23/h4-19,35H,3,20H2,1-2H3. The van der Waals surface area contributed by atoms with E-state index < -0.39 is 6.09 Å². The SMILES string of the molecule is CCOC(=O)n1ccc(Cc2nc3c(-c4ccccc4)c(-c4ccccc4)[nH]n3c(=O)c2-c2ccc(OC)cc2)n1. The highest BCUT2D eigenvalue weighted by atomic mass is 16.5. The second-order valence-electron chi connectivity index (χ2n) is 9.35. The Bertz CT molecular complexity index is 1890. The Kier molecular flexibility index (Phi) is 6.91. The van der Waals surface area contributed by atoms with Crippen molar-refractivity contribution in [3.05, 3.63) is 119 Å². The second-order valence-corrected chi connectivity index (χ2v) is 9.35. The summed E-state index contributed by atoms with van der Waals surface area (Å²) in [5.74, 6) is 0.676. The minimum absolute atomic E-state index is 0.222. The lowest BCUT2D eigenvalue weighted by Gasteiger charge is -2.10. The average Bonchev–Trinajstić information content (AvgIpc) is 3.64. The molecule has 0 aliphatic rings. The first-order valence-electron chi connectivity index (χ1n) is 13.2. The number of hydrogen-bond donors (Lipinski definition) is 1. The van der Waals surface area contributed by atoms with Crippen molar-refractivity contribution in [3.8, 4) is 39.3 Å². The van der Waals surface area contributed by atoms with Gasteiger partial charge < -0.3 is 9.47 Å². The lowest BCUT2D eigenvalue weighted by molar-refractivity contribution is 0.150. The van der Waals surface area contributed by atoms with Crippen molar-refractivity contribution in [2.45, 2.75) is 13.3 Å². The summed E-state index contributed by atoms with van der Waals surface area (Å²) < 4.78 is 13.1. The first-order valence-corrected chi connectivity index (χ1v) is 13.2. The van der Waals surface area contributed by atoms with Gasteiger partial charge in [-0.05, 0) is 36.2 Å². The van der Waals surface area contributed by atoms with Gasteiger partial charge >= 0.3 is 6.09 Å². The molecule has 0 aliphatic carbocycles. The number of benzene rings is 3. The van der Waals surface area contributed by atoms with E-state index in [4.69, 9.17) is 14.5 Å². The van der Waals surface area contributed by atoms with Crippen LogP contribution >= 0.6 is 0 Å². The van der Waals surface area contributed by atoms with Crippen LogP contribution in [0.15, 0.2) is 102 Å². The molecule has 3 aromatic heterocycles. The molecule has 204 valence electrons. The number of fused-ring (bicyclic) bond motifs is 1. The van der Waals surface area contributed by atoms with Gasteiger partial charge in [-0.1, -0.05) is 72.8 Å². The van der Waals surface area contributed by atoms with Gasteiger partial charge in [0.1, 0.15) is 5.75 Å². The molecule has 0 amide bonds. The molecule has 41 heavy (non-hydrogen) atoms. The van der Waals surface area contributed by atoms with Gasteiger partial charge in [-0.25, -0.2) is 9.78 Å². The number of methoxy groups -OCH3 is 1. The van der Waals surface area contributed by atoms with E-state index >= 15 is 0 Å². The van der Waals surface area contributed by atoms with Crippen LogP contribution in [0.4, 0.5) is 4.79 Å². The quantitative estimate of drug-likeness (QED) is 0.271. The number of nitrogens with zero attached hydrogens (tertiary/aromatic N) is 4. The molecule has 0 saturated heterocycles. The van der Waals surface area contributed by atoms with Crippen LogP contribution in [0.3, 0.4) is 0 Å². The molecular formula is C32H27N5O4. The van der Waals surface area contributed by atoms with Gasteiger partial charge in [0.2, 0.25) is 0 Å². The molecule has 3 aromatic carbocycles. The number of carbonyl (C=O) groups is 1. The van der Waals surface area contributed by atoms with E-state index in [2.05, 4.69) is 10.2 Å². The Balaban J connectivity index is 1.60. The van der Waals surface area contributed by atoms with E-state index in [0.29, 0.717) is 33.9 Å². The Morgan fingerprint density at radius 2 is 1.51 bits per heavy atom. The first-order chi connectivity index (χ1) is 20.1. The predicted molar refractivity (Wildman–Crippen MR) is 156 cm³/mol. The zero-order chi connectivity index (χ0) is 28.3. The number of aromatic nitrogens is 5. The summed E-state index contributed by atoms with van der Waals surface area (Å²) in [6, 6.07) is 28.7. The molecule has 0 atom stereocenters. The molecule has 0 aliphatic heterocycles. The van der Waals surface area contributed by atoms with Crippen LogP contribution in [0.2, 0.25) is 0 Å². The van der Waals surface area contributed by atoms with Gasteiger partial charge in [0.25, 0.3) is 5.56 Å². The van der Waals surface area contributed by atoms with Crippen LogP contribution in [0.1, 0.15) is 18.3 Å². The summed E-state index contributed by atoms with van der Waals surface area (Å²) in [6.07, 6.45) is 1.20. The maximum absolute atomic E-state index is 14.3. The molecule has 1 N–H and O–H groups in total. The van der Waals surface area contributed by atoms with Crippen LogP contribution in [0.5, 0.6) is 5.75 Å². The van der Waals surface area contributed by atoms with E-state index in [-0.39, 0.29) is 18.6 Å². The summed E-state index contributed by atoms with van der Waals surface area (Å²) in [6.45, 7) is 1.98. The molecule has 0 unspecified atom stereocenters. The molecule has 6 aromatic rings. The minimum atomic E-state index is -0.567. The summed E-state index contributed by atoms with van der Waals surface area (Å²) in [5.41, 5.74) is 5.92. The van der Waals surface area contributed by atoms with Gasteiger partial charge in [-0.15, -0.1) is 0 Å². The van der Waals surface area contributed by atoms with Gasteiger partial charge in [-0.3, -0.25) is 9.89 Å². The fourth-order valence-corrected chi connectivity index (χ4v) is 4.90. The highest BCUT2D eigenvalue weighted by molar-refractivity contribution is 5.91.